The van der Waals surface area contributed by atoms with Gasteiger partial charge in [-0.15, -0.1) is 11.6 Å². The molecule has 0 radical (unpaired) electrons. The summed E-state index contributed by atoms with van der Waals surface area (Å²) in [6.45, 7) is 6.79. The van der Waals surface area contributed by atoms with Crippen molar-refractivity contribution >= 4 is 17.6 Å². The maximum absolute atomic E-state index is 10.5. The Balaban J connectivity index is 3.94. The largest absolute Gasteiger partial charge is 0.480 e. The normalized spacial score (nSPS) is 15.9. The topological polar surface area (TPSA) is 40.5 Å². The van der Waals surface area contributed by atoms with Gasteiger partial charge in [-0.3, -0.25) is 4.79 Å². The fourth-order valence-corrected chi connectivity index (χ4v) is 1.59. The van der Waals surface area contributed by atoms with Gasteiger partial charge in [0.15, 0.2) is 0 Å². The molecule has 0 aromatic heterocycles. The first kappa shape index (κ1) is 13.7. The van der Waals surface area contributed by atoms with Crippen molar-refractivity contribution in [1.82, 2.24) is 4.90 Å². The van der Waals surface area contributed by atoms with Gasteiger partial charge in [0.25, 0.3) is 0 Å². The SMILES string of the molecule is CC(C)CC(C)N(C)CC(Cl)C(=O)O. The Kier molecular flexibility index (Phi) is 6.12. The van der Waals surface area contributed by atoms with Crippen LogP contribution in [0.2, 0.25) is 0 Å². The molecule has 3 nitrogen and oxygen atoms in total. The summed E-state index contributed by atoms with van der Waals surface area (Å²) in [7, 11) is 1.91. The van der Waals surface area contributed by atoms with Crippen LogP contribution >= 0.6 is 11.6 Å². The van der Waals surface area contributed by atoms with E-state index in [4.69, 9.17) is 16.7 Å². The predicted octanol–water partition coefficient (Wildman–Crippen LogP) is 2.04. The van der Waals surface area contributed by atoms with Gasteiger partial charge in [-0.05, 0) is 26.3 Å². The van der Waals surface area contributed by atoms with E-state index in [1.54, 1.807) is 0 Å². The number of carbonyl (C=O) groups is 1. The third-order valence-electron chi connectivity index (χ3n) is 2.28. The Morgan fingerprint density at radius 1 is 1.43 bits per heavy atom. The summed E-state index contributed by atoms with van der Waals surface area (Å²) in [6.07, 6.45) is 1.06. The fraction of sp³-hybridized carbons (Fsp3) is 0.900. The highest BCUT2D eigenvalue weighted by Crippen LogP contribution is 2.11. The van der Waals surface area contributed by atoms with Crippen LogP contribution in [0.3, 0.4) is 0 Å². The number of halogens is 1. The summed E-state index contributed by atoms with van der Waals surface area (Å²) < 4.78 is 0. The van der Waals surface area contributed by atoms with Gasteiger partial charge in [0.2, 0.25) is 0 Å². The summed E-state index contributed by atoms with van der Waals surface area (Å²) >= 11 is 5.65. The molecular weight excluding hydrogens is 202 g/mol. The van der Waals surface area contributed by atoms with Crippen LogP contribution < -0.4 is 0 Å². The molecule has 14 heavy (non-hydrogen) atoms. The first-order valence-electron chi connectivity index (χ1n) is 4.91. The Bertz CT molecular complexity index is 185. The van der Waals surface area contributed by atoms with Crippen molar-refractivity contribution in [2.24, 2.45) is 5.92 Å². The quantitative estimate of drug-likeness (QED) is 0.698. The molecule has 0 spiro atoms. The van der Waals surface area contributed by atoms with Crippen LogP contribution in [0.15, 0.2) is 0 Å². The van der Waals surface area contributed by atoms with Crippen LogP contribution in [0.5, 0.6) is 0 Å². The molecular formula is C10H20ClNO2. The van der Waals surface area contributed by atoms with Crippen LogP contribution in [-0.4, -0.2) is 41.0 Å². The number of hydrogen-bond acceptors (Lipinski definition) is 2. The zero-order valence-electron chi connectivity index (χ0n) is 9.33. The molecule has 0 aromatic carbocycles. The molecule has 0 aliphatic carbocycles. The van der Waals surface area contributed by atoms with Crippen molar-refractivity contribution in [1.29, 1.82) is 0 Å². The van der Waals surface area contributed by atoms with Crippen LogP contribution in [0.25, 0.3) is 0 Å². The van der Waals surface area contributed by atoms with Crippen LogP contribution in [-0.2, 0) is 4.79 Å². The van der Waals surface area contributed by atoms with E-state index in [2.05, 4.69) is 20.8 Å². The Morgan fingerprint density at radius 2 is 1.93 bits per heavy atom. The Hall–Kier alpha value is -0.280. The van der Waals surface area contributed by atoms with E-state index in [1.165, 1.54) is 0 Å². The average Bonchev–Trinajstić information content (AvgIpc) is 2.02. The maximum Gasteiger partial charge on any atom is 0.322 e. The molecule has 0 aliphatic heterocycles. The molecule has 2 unspecified atom stereocenters. The molecule has 0 bridgehead atoms. The molecule has 2 atom stereocenters. The molecule has 0 saturated heterocycles. The van der Waals surface area contributed by atoms with Gasteiger partial charge >= 0.3 is 5.97 Å². The average molecular weight is 222 g/mol. The smallest absolute Gasteiger partial charge is 0.322 e. The maximum atomic E-state index is 10.5. The third-order valence-corrected chi connectivity index (χ3v) is 2.61. The lowest BCUT2D eigenvalue weighted by molar-refractivity contribution is -0.137. The zero-order chi connectivity index (χ0) is 11.3. The number of nitrogens with zero attached hydrogens (tertiary/aromatic N) is 1. The van der Waals surface area contributed by atoms with Crippen molar-refractivity contribution in [3.05, 3.63) is 0 Å². The summed E-state index contributed by atoms with van der Waals surface area (Å²) in [6, 6.07) is 0.371. The van der Waals surface area contributed by atoms with Gasteiger partial charge in [0, 0.05) is 12.6 Å². The molecule has 0 aliphatic rings. The number of carboxylic acid groups (broad SMARTS) is 1. The molecule has 0 fully saturated rings. The Labute approximate surface area is 91.0 Å². The first-order valence-corrected chi connectivity index (χ1v) is 5.35. The van der Waals surface area contributed by atoms with Crippen LogP contribution in [0.4, 0.5) is 0 Å². The number of rotatable bonds is 6. The summed E-state index contributed by atoms with van der Waals surface area (Å²) in [4.78, 5) is 12.5. The second-order valence-corrected chi connectivity index (χ2v) is 4.75. The molecule has 84 valence electrons. The predicted molar refractivity (Wildman–Crippen MR) is 58.8 cm³/mol. The van der Waals surface area contributed by atoms with Crippen molar-refractivity contribution in [2.75, 3.05) is 13.6 Å². The molecule has 0 heterocycles. The van der Waals surface area contributed by atoms with E-state index in [1.807, 2.05) is 11.9 Å². The van der Waals surface area contributed by atoms with Crippen LogP contribution in [0, 0.1) is 5.92 Å². The minimum Gasteiger partial charge on any atom is -0.480 e. The van der Waals surface area contributed by atoms with Gasteiger partial charge in [0.05, 0.1) is 0 Å². The number of aliphatic carboxylic acids is 1. The van der Waals surface area contributed by atoms with E-state index in [9.17, 15) is 4.79 Å². The minimum absolute atomic E-state index is 0.371. The number of carboxylic acids is 1. The highest BCUT2D eigenvalue weighted by molar-refractivity contribution is 6.29. The monoisotopic (exact) mass is 221 g/mol. The Morgan fingerprint density at radius 3 is 2.29 bits per heavy atom. The lowest BCUT2D eigenvalue weighted by atomic mass is 10.0. The first-order chi connectivity index (χ1) is 6.34. The van der Waals surface area contributed by atoms with Gasteiger partial charge in [-0.25, -0.2) is 0 Å². The van der Waals surface area contributed by atoms with E-state index in [0.717, 1.165) is 6.42 Å². The zero-order valence-corrected chi connectivity index (χ0v) is 10.1. The number of alkyl halides is 1. The van der Waals surface area contributed by atoms with Crippen molar-refractivity contribution in [3.8, 4) is 0 Å². The van der Waals surface area contributed by atoms with Crippen molar-refractivity contribution in [3.63, 3.8) is 0 Å². The van der Waals surface area contributed by atoms with E-state index >= 15 is 0 Å². The summed E-state index contributed by atoms with van der Waals surface area (Å²) in [5.41, 5.74) is 0. The summed E-state index contributed by atoms with van der Waals surface area (Å²) in [5, 5.41) is 7.83. The van der Waals surface area contributed by atoms with Gasteiger partial charge in [0.1, 0.15) is 5.38 Å². The molecule has 1 N–H and O–H groups in total. The minimum atomic E-state index is -0.949. The molecule has 0 aromatic rings. The third kappa shape index (κ3) is 5.45. The lowest BCUT2D eigenvalue weighted by Gasteiger charge is -2.26. The molecule has 0 saturated carbocycles. The molecule has 4 heteroatoms. The van der Waals surface area contributed by atoms with Gasteiger partial charge in [-0.2, -0.15) is 0 Å². The molecule has 0 rings (SSSR count). The number of hydrogen-bond donors (Lipinski definition) is 1. The van der Waals surface area contributed by atoms with Gasteiger partial charge < -0.3 is 10.0 Å². The highest BCUT2D eigenvalue weighted by Gasteiger charge is 2.19. The second kappa shape index (κ2) is 6.25. The van der Waals surface area contributed by atoms with Gasteiger partial charge in [-0.1, -0.05) is 13.8 Å². The van der Waals surface area contributed by atoms with Crippen molar-refractivity contribution in [2.45, 2.75) is 38.6 Å². The van der Waals surface area contributed by atoms with E-state index in [-0.39, 0.29) is 0 Å². The van der Waals surface area contributed by atoms with Crippen LogP contribution in [0.1, 0.15) is 27.2 Å². The second-order valence-electron chi connectivity index (χ2n) is 4.22. The van der Waals surface area contributed by atoms with Crippen molar-refractivity contribution < 1.29 is 9.90 Å². The highest BCUT2D eigenvalue weighted by atomic mass is 35.5. The van der Waals surface area contributed by atoms with E-state index in [0.29, 0.717) is 18.5 Å². The molecule has 0 amide bonds. The lowest BCUT2D eigenvalue weighted by Crippen LogP contribution is -2.37. The standard InChI is InChI=1S/C10H20ClNO2/c1-7(2)5-8(3)12(4)6-9(11)10(13)14/h7-9H,5-6H2,1-4H3,(H,13,14). The summed E-state index contributed by atoms with van der Waals surface area (Å²) in [5.74, 6) is -0.332. The van der Waals surface area contributed by atoms with E-state index < -0.39 is 11.3 Å². The fourth-order valence-electron chi connectivity index (χ4n) is 1.37.